The number of carboxylic acid groups (broad SMARTS) is 1. The molecule has 0 aliphatic heterocycles. The van der Waals surface area contributed by atoms with Crippen molar-refractivity contribution in [2.75, 3.05) is 0 Å². The molecular weight excluding hydrogens is 121 g/mol. The minimum Gasteiger partial charge on any atom is -0.477 e. The lowest BCUT2D eigenvalue weighted by molar-refractivity contribution is -0.128. The van der Waals surface area contributed by atoms with Gasteiger partial charge in [0.15, 0.2) is 6.21 Å². The standard InChI is InChI=1S/C2H3NO3.ClH/c4-2(5)1-3-6;/h1,6H,(H,4,5);1H/b3-1+;. The van der Waals surface area contributed by atoms with E-state index in [0.717, 1.165) is 0 Å². The smallest absolute Gasteiger partial charge is 0.350 e. The second-order valence-corrected chi connectivity index (χ2v) is 0.583. The molecule has 2 N–H and O–H groups in total. The van der Waals surface area contributed by atoms with Crippen molar-refractivity contribution in [1.29, 1.82) is 0 Å². The van der Waals surface area contributed by atoms with Gasteiger partial charge in [-0.3, -0.25) is 0 Å². The Kier molecular flexibility index (Phi) is 7.12. The van der Waals surface area contributed by atoms with Crippen molar-refractivity contribution in [3.05, 3.63) is 0 Å². The minimum absolute atomic E-state index is 0. The molecule has 0 spiro atoms. The summed E-state index contributed by atoms with van der Waals surface area (Å²) in [7, 11) is 0. The molecule has 0 saturated heterocycles. The quantitative estimate of drug-likeness (QED) is 0.293. The zero-order valence-electron chi connectivity index (χ0n) is 3.24. The van der Waals surface area contributed by atoms with E-state index in [1.807, 2.05) is 0 Å². The van der Waals surface area contributed by atoms with E-state index in [-0.39, 0.29) is 12.4 Å². The number of oxime groups is 1. The molecule has 7 heavy (non-hydrogen) atoms. The highest BCUT2D eigenvalue weighted by molar-refractivity contribution is 6.21. The first-order valence-electron chi connectivity index (χ1n) is 1.17. The van der Waals surface area contributed by atoms with Gasteiger partial charge in [0.1, 0.15) is 0 Å². The van der Waals surface area contributed by atoms with E-state index in [2.05, 4.69) is 5.16 Å². The van der Waals surface area contributed by atoms with Gasteiger partial charge in [0.05, 0.1) is 0 Å². The summed E-state index contributed by atoms with van der Waals surface area (Å²) < 4.78 is 0. The monoisotopic (exact) mass is 125 g/mol. The van der Waals surface area contributed by atoms with Crippen LogP contribution in [0.2, 0.25) is 0 Å². The Morgan fingerprint density at radius 1 is 1.71 bits per heavy atom. The first kappa shape index (κ1) is 9.52. The van der Waals surface area contributed by atoms with E-state index in [1.165, 1.54) is 0 Å². The van der Waals surface area contributed by atoms with Crippen molar-refractivity contribution in [1.82, 2.24) is 0 Å². The average Bonchev–Trinajstić information content (AvgIpc) is 1.35. The Bertz CT molecular complexity index is 81.0. The zero-order chi connectivity index (χ0) is 4.99. The second kappa shape index (κ2) is 5.23. The molecule has 0 aromatic rings. The third-order valence-corrected chi connectivity index (χ3v) is 0.168. The lowest BCUT2D eigenvalue weighted by Crippen LogP contribution is -1.93. The van der Waals surface area contributed by atoms with Gasteiger partial charge >= 0.3 is 5.97 Å². The van der Waals surface area contributed by atoms with Crippen molar-refractivity contribution >= 4 is 24.6 Å². The van der Waals surface area contributed by atoms with Crippen molar-refractivity contribution in [2.45, 2.75) is 0 Å². The Hall–Kier alpha value is -0.770. The van der Waals surface area contributed by atoms with Crippen LogP contribution in [0.4, 0.5) is 0 Å². The van der Waals surface area contributed by atoms with Gasteiger partial charge in [-0.05, 0) is 0 Å². The SMILES string of the molecule is Cl.O=C(O)/C=N/O. The first-order chi connectivity index (χ1) is 2.77. The third kappa shape index (κ3) is 11.0. The predicted molar refractivity (Wildman–Crippen MR) is 25.2 cm³/mol. The summed E-state index contributed by atoms with van der Waals surface area (Å²) in [6.45, 7) is 0. The Labute approximate surface area is 45.9 Å². The Morgan fingerprint density at radius 3 is 2.14 bits per heavy atom. The topological polar surface area (TPSA) is 69.9 Å². The van der Waals surface area contributed by atoms with Gasteiger partial charge in [-0.15, -0.1) is 12.4 Å². The number of aliphatic carboxylic acids is 1. The summed E-state index contributed by atoms with van der Waals surface area (Å²) in [5.74, 6) is -1.25. The molecule has 0 amide bonds. The highest BCUT2D eigenvalue weighted by atomic mass is 35.5. The normalized spacial score (nSPS) is 8.00. The lowest BCUT2D eigenvalue weighted by atomic mass is 10.8. The Morgan fingerprint density at radius 2 is 2.14 bits per heavy atom. The zero-order valence-corrected chi connectivity index (χ0v) is 4.05. The van der Waals surface area contributed by atoms with Gasteiger partial charge < -0.3 is 10.3 Å². The molecule has 0 aliphatic rings. The molecule has 0 aromatic heterocycles. The predicted octanol–water partition coefficient (Wildman–Crippen LogP) is -0.0472. The number of carboxylic acids is 1. The molecule has 0 atom stereocenters. The van der Waals surface area contributed by atoms with Gasteiger partial charge in [-0.25, -0.2) is 4.79 Å². The minimum atomic E-state index is -1.25. The number of rotatable bonds is 1. The maximum absolute atomic E-state index is 9.29. The van der Waals surface area contributed by atoms with Crippen LogP contribution in [0.1, 0.15) is 0 Å². The maximum atomic E-state index is 9.29. The van der Waals surface area contributed by atoms with Gasteiger partial charge in [0.2, 0.25) is 0 Å². The molecular formula is C2H4ClNO3. The molecule has 0 fully saturated rings. The van der Waals surface area contributed by atoms with Crippen LogP contribution in [-0.4, -0.2) is 22.5 Å². The number of hydrogen-bond donors (Lipinski definition) is 2. The van der Waals surface area contributed by atoms with Crippen LogP contribution in [0.15, 0.2) is 5.16 Å². The van der Waals surface area contributed by atoms with E-state index < -0.39 is 5.97 Å². The van der Waals surface area contributed by atoms with E-state index in [4.69, 9.17) is 10.3 Å². The van der Waals surface area contributed by atoms with Crippen molar-refractivity contribution in [2.24, 2.45) is 5.16 Å². The first-order valence-corrected chi connectivity index (χ1v) is 1.17. The van der Waals surface area contributed by atoms with Crippen molar-refractivity contribution in [3.63, 3.8) is 0 Å². The molecule has 0 rings (SSSR count). The summed E-state index contributed by atoms with van der Waals surface area (Å²) in [4.78, 5) is 9.29. The highest BCUT2D eigenvalue weighted by Gasteiger charge is 1.80. The number of nitrogens with zero attached hydrogens (tertiary/aromatic N) is 1. The van der Waals surface area contributed by atoms with Crippen LogP contribution >= 0.6 is 12.4 Å². The summed E-state index contributed by atoms with van der Waals surface area (Å²) in [6.07, 6.45) is 0.389. The largest absolute Gasteiger partial charge is 0.477 e. The fourth-order valence-electron chi connectivity index (χ4n) is 0.0494. The molecule has 42 valence electrons. The fourth-order valence-corrected chi connectivity index (χ4v) is 0.0494. The van der Waals surface area contributed by atoms with E-state index in [0.29, 0.717) is 6.21 Å². The van der Waals surface area contributed by atoms with E-state index in [9.17, 15) is 4.79 Å². The van der Waals surface area contributed by atoms with Crippen LogP contribution < -0.4 is 0 Å². The number of halogens is 1. The van der Waals surface area contributed by atoms with Crippen LogP contribution in [-0.2, 0) is 4.79 Å². The second-order valence-electron chi connectivity index (χ2n) is 0.583. The lowest BCUT2D eigenvalue weighted by Gasteiger charge is -1.67. The Balaban J connectivity index is 0. The van der Waals surface area contributed by atoms with Gasteiger partial charge in [0.25, 0.3) is 0 Å². The van der Waals surface area contributed by atoms with Crippen LogP contribution in [0.3, 0.4) is 0 Å². The average molecular weight is 126 g/mol. The van der Waals surface area contributed by atoms with Crippen LogP contribution in [0.25, 0.3) is 0 Å². The highest BCUT2D eigenvalue weighted by Crippen LogP contribution is 1.50. The summed E-state index contributed by atoms with van der Waals surface area (Å²) >= 11 is 0. The van der Waals surface area contributed by atoms with Gasteiger partial charge in [-0.1, -0.05) is 5.16 Å². The van der Waals surface area contributed by atoms with Crippen LogP contribution in [0.5, 0.6) is 0 Å². The number of hydrogen-bond acceptors (Lipinski definition) is 3. The van der Waals surface area contributed by atoms with Crippen LogP contribution in [0, 0.1) is 0 Å². The van der Waals surface area contributed by atoms with Crippen molar-refractivity contribution in [3.8, 4) is 0 Å². The third-order valence-electron chi connectivity index (χ3n) is 0.168. The molecule has 4 nitrogen and oxygen atoms in total. The van der Waals surface area contributed by atoms with Gasteiger partial charge in [-0.2, -0.15) is 0 Å². The molecule has 0 aliphatic carbocycles. The molecule has 0 unspecified atom stereocenters. The van der Waals surface area contributed by atoms with E-state index in [1.54, 1.807) is 0 Å². The fraction of sp³-hybridized carbons (Fsp3) is 0. The molecule has 5 heteroatoms. The van der Waals surface area contributed by atoms with E-state index >= 15 is 0 Å². The molecule has 0 radical (unpaired) electrons. The van der Waals surface area contributed by atoms with Crippen molar-refractivity contribution < 1.29 is 15.1 Å². The molecule has 0 saturated carbocycles. The summed E-state index contributed by atoms with van der Waals surface area (Å²) in [5, 5.41) is 17.2. The molecule has 0 aromatic carbocycles. The number of carbonyl (C=O) groups is 1. The van der Waals surface area contributed by atoms with Gasteiger partial charge in [0, 0.05) is 0 Å². The molecule has 0 heterocycles. The summed E-state index contributed by atoms with van der Waals surface area (Å²) in [6, 6.07) is 0. The maximum Gasteiger partial charge on any atom is 0.350 e. The molecule has 0 bridgehead atoms. The summed E-state index contributed by atoms with van der Waals surface area (Å²) in [5.41, 5.74) is 0.